The third-order valence-corrected chi connectivity index (χ3v) is 5.23. The predicted molar refractivity (Wildman–Crippen MR) is 91.3 cm³/mol. The molecule has 0 aliphatic carbocycles. The van der Waals surface area contributed by atoms with Crippen molar-refractivity contribution in [3.63, 3.8) is 0 Å². The molecule has 0 bridgehead atoms. The number of aryl methyl sites for hydroxylation is 1. The summed E-state index contributed by atoms with van der Waals surface area (Å²) in [6.45, 7) is 2.01. The Morgan fingerprint density at radius 3 is 2.22 bits per heavy atom. The number of sulfonamides is 1. The summed E-state index contributed by atoms with van der Waals surface area (Å²) < 4.78 is 36.7. The first kappa shape index (κ1) is 15.9. The van der Waals surface area contributed by atoms with E-state index in [1.165, 1.54) is 23.5 Å². The Morgan fingerprint density at radius 1 is 1.00 bits per heavy atom. The number of hydrogen-bond donors (Lipinski definition) is 1. The molecule has 6 heteroatoms. The maximum absolute atomic E-state index is 14.1. The van der Waals surface area contributed by atoms with E-state index < -0.39 is 20.7 Å². The van der Waals surface area contributed by atoms with E-state index in [-0.39, 0.29) is 0 Å². The van der Waals surface area contributed by atoms with E-state index in [9.17, 15) is 12.8 Å². The lowest BCUT2D eigenvalue weighted by Gasteiger charge is -2.08. The summed E-state index contributed by atoms with van der Waals surface area (Å²) in [6.07, 6.45) is 0. The highest BCUT2D eigenvalue weighted by molar-refractivity contribution is 7.89. The Kier molecular flexibility index (Phi) is 4.06. The van der Waals surface area contributed by atoms with Crippen molar-refractivity contribution in [2.75, 3.05) is 0 Å². The first-order chi connectivity index (χ1) is 10.9. The molecule has 0 unspecified atom stereocenters. The molecule has 0 aliphatic heterocycles. The minimum Gasteiger partial charge on any atom is -0.225 e. The van der Waals surface area contributed by atoms with Gasteiger partial charge in [-0.3, -0.25) is 0 Å². The summed E-state index contributed by atoms with van der Waals surface area (Å²) in [5.41, 5.74) is 4.64. The Balaban J connectivity index is 2.11. The zero-order chi connectivity index (χ0) is 16.6. The van der Waals surface area contributed by atoms with Gasteiger partial charge in [0.1, 0.15) is 10.7 Å². The van der Waals surface area contributed by atoms with Crippen LogP contribution in [0, 0.1) is 12.7 Å². The lowest BCUT2D eigenvalue weighted by molar-refractivity contribution is 0.568. The van der Waals surface area contributed by atoms with Crippen molar-refractivity contribution in [2.45, 2.75) is 11.8 Å². The monoisotopic (exact) mass is 347 g/mol. The van der Waals surface area contributed by atoms with Crippen molar-refractivity contribution in [3.8, 4) is 22.3 Å². The van der Waals surface area contributed by atoms with Crippen LogP contribution in [0.15, 0.2) is 58.1 Å². The second-order valence-electron chi connectivity index (χ2n) is 5.26. The number of primary sulfonamides is 1. The van der Waals surface area contributed by atoms with Crippen LogP contribution in [0.2, 0.25) is 0 Å². The van der Waals surface area contributed by atoms with Crippen LogP contribution in [0.3, 0.4) is 0 Å². The Morgan fingerprint density at radius 2 is 1.65 bits per heavy atom. The minimum absolute atomic E-state index is 0.492. The molecule has 0 aliphatic rings. The van der Waals surface area contributed by atoms with Gasteiger partial charge in [-0.05, 0) is 40.9 Å². The molecule has 3 nitrogen and oxygen atoms in total. The highest BCUT2D eigenvalue weighted by Crippen LogP contribution is 2.36. The van der Waals surface area contributed by atoms with Gasteiger partial charge in [-0.15, -0.1) is 0 Å². The average Bonchev–Trinajstić information content (AvgIpc) is 2.95. The second-order valence-corrected chi connectivity index (χ2v) is 7.53. The molecule has 2 aromatic carbocycles. The molecule has 1 heterocycles. The highest BCUT2D eigenvalue weighted by atomic mass is 32.2. The SMILES string of the molecule is Cc1cccc(-c2cscc2-c2ccc(S(N)(=O)=O)c(F)c2)c1. The zero-order valence-corrected chi connectivity index (χ0v) is 13.9. The number of benzene rings is 2. The third-order valence-electron chi connectivity index (χ3n) is 3.54. The van der Waals surface area contributed by atoms with E-state index in [2.05, 4.69) is 6.07 Å². The maximum Gasteiger partial charge on any atom is 0.240 e. The van der Waals surface area contributed by atoms with Gasteiger partial charge in [-0.25, -0.2) is 17.9 Å². The van der Waals surface area contributed by atoms with Gasteiger partial charge in [0.2, 0.25) is 10.0 Å². The Hall–Kier alpha value is -2.02. The first-order valence-electron chi connectivity index (χ1n) is 6.82. The second kappa shape index (κ2) is 5.88. The number of rotatable bonds is 3. The molecule has 118 valence electrons. The van der Waals surface area contributed by atoms with Crippen LogP contribution >= 0.6 is 11.3 Å². The van der Waals surface area contributed by atoms with Crippen molar-refractivity contribution in [1.82, 2.24) is 0 Å². The predicted octanol–water partition coefficient (Wildman–Crippen LogP) is 4.18. The molecule has 0 atom stereocenters. The molecule has 3 aromatic rings. The molecule has 0 saturated heterocycles. The molecule has 3 rings (SSSR count). The van der Waals surface area contributed by atoms with Crippen LogP contribution in [-0.4, -0.2) is 8.42 Å². The number of nitrogens with two attached hydrogens (primary N) is 1. The Bertz CT molecular complexity index is 978. The highest BCUT2D eigenvalue weighted by Gasteiger charge is 2.16. The summed E-state index contributed by atoms with van der Waals surface area (Å²) in [5, 5.41) is 8.91. The molecule has 23 heavy (non-hydrogen) atoms. The number of halogens is 1. The van der Waals surface area contributed by atoms with Crippen molar-refractivity contribution < 1.29 is 12.8 Å². The molecular formula is C17H14FNO2S2. The van der Waals surface area contributed by atoms with E-state index in [4.69, 9.17) is 5.14 Å². The molecule has 0 amide bonds. The summed E-state index contributed by atoms with van der Waals surface area (Å²) in [7, 11) is -4.06. The lowest BCUT2D eigenvalue weighted by atomic mass is 9.98. The molecule has 1 aromatic heterocycles. The third kappa shape index (κ3) is 3.19. The van der Waals surface area contributed by atoms with Crippen molar-refractivity contribution in [1.29, 1.82) is 0 Å². The summed E-state index contributed by atoms with van der Waals surface area (Å²) >= 11 is 1.51. The summed E-state index contributed by atoms with van der Waals surface area (Å²) in [4.78, 5) is -0.492. The van der Waals surface area contributed by atoms with Crippen LogP contribution in [0.1, 0.15) is 5.56 Å². The molecule has 2 N–H and O–H groups in total. The van der Waals surface area contributed by atoms with Crippen molar-refractivity contribution in [3.05, 3.63) is 64.6 Å². The summed E-state index contributed by atoms with van der Waals surface area (Å²) in [6, 6.07) is 12.0. The molecule has 0 radical (unpaired) electrons. The van der Waals surface area contributed by atoms with E-state index in [0.29, 0.717) is 5.56 Å². The van der Waals surface area contributed by atoms with Gasteiger partial charge < -0.3 is 0 Å². The van der Waals surface area contributed by atoms with E-state index in [1.807, 2.05) is 35.9 Å². The van der Waals surface area contributed by atoms with Crippen molar-refractivity contribution in [2.24, 2.45) is 5.14 Å². The van der Waals surface area contributed by atoms with Gasteiger partial charge >= 0.3 is 0 Å². The fourth-order valence-electron chi connectivity index (χ4n) is 2.46. The van der Waals surface area contributed by atoms with Crippen LogP contribution < -0.4 is 5.14 Å². The fraction of sp³-hybridized carbons (Fsp3) is 0.0588. The van der Waals surface area contributed by atoms with Crippen LogP contribution in [-0.2, 0) is 10.0 Å². The van der Waals surface area contributed by atoms with Gasteiger partial charge in [0.25, 0.3) is 0 Å². The van der Waals surface area contributed by atoms with Crippen molar-refractivity contribution >= 4 is 21.4 Å². The van der Waals surface area contributed by atoms with Crippen LogP contribution in [0.4, 0.5) is 4.39 Å². The van der Waals surface area contributed by atoms with E-state index >= 15 is 0 Å². The average molecular weight is 347 g/mol. The smallest absolute Gasteiger partial charge is 0.225 e. The number of thiophene rings is 1. The van der Waals surface area contributed by atoms with Gasteiger partial charge in [-0.2, -0.15) is 11.3 Å². The zero-order valence-electron chi connectivity index (χ0n) is 12.3. The molecule has 0 spiro atoms. The molecule has 0 fully saturated rings. The van der Waals surface area contributed by atoms with Crippen LogP contribution in [0.5, 0.6) is 0 Å². The topological polar surface area (TPSA) is 60.2 Å². The first-order valence-corrected chi connectivity index (χ1v) is 9.31. The largest absolute Gasteiger partial charge is 0.240 e. The minimum atomic E-state index is -4.06. The lowest BCUT2D eigenvalue weighted by Crippen LogP contribution is -2.13. The van der Waals surface area contributed by atoms with Gasteiger partial charge in [0.05, 0.1) is 0 Å². The summed E-state index contributed by atoms with van der Waals surface area (Å²) in [5.74, 6) is -0.841. The maximum atomic E-state index is 14.1. The van der Waals surface area contributed by atoms with Gasteiger partial charge in [0.15, 0.2) is 0 Å². The molecule has 0 saturated carbocycles. The quantitative estimate of drug-likeness (QED) is 0.773. The fourth-order valence-corrected chi connectivity index (χ4v) is 3.91. The molecular weight excluding hydrogens is 333 g/mol. The Labute approximate surface area is 138 Å². The standard InChI is InChI=1S/C17H14FNO2S2/c1-11-3-2-4-12(7-11)14-9-22-10-15(14)13-5-6-17(16(18)8-13)23(19,20)21/h2-10H,1H3,(H2,19,20,21). The van der Waals surface area contributed by atoms with E-state index in [1.54, 1.807) is 6.07 Å². The normalized spacial score (nSPS) is 11.6. The van der Waals surface area contributed by atoms with Crippen LogP contribution in [0.25, 0.3) is 22.3 Å². The van der Waals surface area contributed by atoms with Gasteiger partial charge in [0, 0.05) is 11.1 Å². The van der Waals surface area contributed by atoms with E-state index in [0.717, 1.165) is 22.3 Å². The number of hydrogen-bond acceptors (Lipinski definition) is 3. The van der Waals surface area contributed by atoms with Gasteiger partial charge in [-0.1, -0.05) is 35.9 Å².